The highest BCUT2D eigenvalue weighted by Gasteiger charge is 2.38. The summed E-state index contributed by atoms with van der Waals surface area (Å²) in [4.78, 5) is 8.13. The molecular formula is C13H12F3N3S. The predicted molar refractivity (Wildman–Crippen MR) is 70.5 cm³/mol. The minimum Gasteiger partial charge on any atom is -0.311 e. The summed E-state index contributed by atoms with van der Waals surface area (Å²) in [7, 11) is 0. The molecule has 2 aromatic heterocycles. The van der Waals surface area contributed by atoms with Gasteiger partial charge in [0, 0.05) is 23.1 Å². The van der Waals surface area contributed by atoms with Crippen LogP contribution in [0.3, 0.4) is 0 Å². The lowest BCUT2D eigenvalue weighted by molar-refractivity contribution is -0.142. The summed E-state index contributed by atoms with van der Waals surface area (Å²) in [5.41, 5.74) is 1.47. The Bertz CT molecular complexity index is 649. The Kier molecular flexibility index (Phi) is 3.25. The molecule has 7 heteroatoms. The maximum atomic E-state index is 13.2. The molecule has 0 unspecified atom stereocenters. The number of aryl methyl sites for hydroxylation is 1. The van der Waals surface area contributed by atoms with Crippen LogP contribution in [0.25, 0.3) is 11.4 Å². The Balaban J connectivity index is 2.21. The van der Waals surface area contributed by atoms with Crippen molar-refractivity contribution in [2.24, 2.45) is 0 Å². The number of alkyl halides is 3. The van der Waals surface area contributed by atoms with Crippen molar-refractivity contribution in [3.63, 3.8) is 0 Å². The SMILES string of the molecule is Cc1cscc1-c1nc2c(c(C(F)(F)F)n1)CCNC2. The normalized spacial score (nSPS) is 15.2. The van der Waals surface area contributed by atoms with E-state index in [-0.39, 0.29) is 11.4 Å². The molecule has 0 aromatic carbocycles. The molecular weight excluding hydrogens is 287 g/mol. The maximum absolute atomic E-state index is 13.2. The van der Waals surface area contributed by atoms with E-state index in [9.17, 15) is 13.2 Å². The molecule has 0 saturated carbocycles. The fourth-order valence-electron chi connectivity index (χ4n) is 2.30. The van der Waals surface area contributed by atoms with Crippen LogP contribution in [0.1, 0.15) is 22.5 Å². The van der Waals surface area contributed by atoms with Gasteiger partial charge in [0.1, 0.15) is 0 Å². The second-order valence-corrected chi connectivity index (χ2v) is 5.46. The zero-order chi connectivity index (χ0) is 14.3. The molecule has 0 fully saturated rings. The fourth-order valence-corrected chi connectivity index (χ4v) is 3.13. The number of halogens is 3. The number of rotatable bonds is 1. The highest BCUT2D eigenvalue weighted by atomic mass is 32.1. The molecule has 20 heavy (non-hydrogen) atoms. The number of nitrogens with zero attached hydrogens (tertiary/aromatic N) is 2. The number of hydrogen-bond donors (Lipinski definition) is 1. The van der Waals surface area contributed by atoms with Gasteiger partial charge in [0.05, 0.1) is 5.69 Å². The summed E-state index contributed by atoms with van der Waals surface area (Å²) in [6, 6.07) is 0. The molecule has 0 atom stereocenters. The van der Waals surface area contributed by atoms with E-state index in [1.54, 1.807) is 5.38 Å². The second kappa shape index (κ2) is 4.82. The first-order chi connectivity index (χ1) is 9.47. The van der Waals surface area contributed by atoms with Gasteiger partial charge in [-0.05, 0) is 30.8 Å². The van der Waals surface area contributed by atoms with Crippen LogP contribution in [0.2, 0.25) is 0 Å². The molecule has 1 N–H and O–H groups in total. The number of thiophene rings is 1. The molecule has 106 valence electrons. The maximum Gasteiger partial charge on any atom is 0.433 e. The van der Waals surface area contributed by atoms with E-state index in [0.29, 0.717) is 30.8 Å². The van der Waals surface area contributed by atoms with E-state index in [4.69, 9.17) is 0 Å². The largest absolute Gasteiger partial charge is 0.433 e. The summed E-state index contributed by atoms with van der Waals surface area (Å²) in [6.07, 6.45) is -4.13. The Hall–Kier alpha value is -1.47. The first-order valence-corrected chi connectivity index (χ1v) is 7.12. The van der Waals surface area contributed by atoms with Gasteiger partial charge < -0.3 is 5.32 Å². The zero-order valence-electron chi connectivity index (χ0n) is 10.7. The second-order valence-electron chi connectivity index (χ2n) is 4.71. The van der Waals surface area contributed by atoms with Crippen molar-refractivity contribution in [3.8, 4) is 11.4 Å². The molecule has 0 amide bonds. The lowest BCUT2D eigenvalue weighted by Crippen LogP contribution is -2.28. The van der Waals surface area contributed by atoms with Crippen LogP contribution >= 0.6 is 11.3 Å². The van der Waals surface area contributed by atoms with Crippen molar-refractivity contribution in [2.75, 3.05) is 6.54 Å². The lowest BCUT2D eigenvalue weighted by Gasteiger charge is -2.21. The van der Waals surface area contributed by atoms with E-state index in [1.807, 2.05) is 12.3 Å². The van der Waals surface area contributed by atoms with Gasteiger partial charge in [-0.15, -0.1) is 0 Å². The third-order valence-corrected chi connectivity index (χ3v) is 4.16. The van der Waals surface area contributed by atoms with Gasteiger partial charge in [-0.2, -0.15) is 24.5 Å². The van der Waals surface area contributed by atoms with Gasteiger partial charge >= 0.3 is 6.18 Å². The fraction of sp³-hybridized carbons (Fsp3) is 0.385. The monoisotopic (exact) mass is 299 g/mol. The zero-order valence-corrected chi connectivity index (χ0v) is 11.5. The molecule has 2 aromatic rings. The van der Waals surface area contributed by atoms with Crippen molar-refractivity contribution in [1.29, 1.82) is 0 Å². The Morgan fingerprint density at radius 2 is 2.05 bits per heavy atom. The van der Waals surface area contributed by atoms with Gasteiger partial charge in [0.2, 0.25) is 0 Å². The predicted octanol–water partition coefficient (Wildman–Crippen LogP) is 3.18. The van der Waals surface area contributed by atoms with Gasteiger partial charge in [0.25, 0.3) is 0 Å². The first kappa shape index (κ1) is 13.5. The average Bonchev–Trinajstić information content (AvgIpc) is 2.82. The van der Waals surface area contributed by atoms with Gasteiger partial charge in [-0.1, -0.05) is 0 Å². The molecule has 0 aliphatic carbocycles. The van der Waals surface area contributed by atoms with Crippen molar-refractivity contribution < 1.29 is 13.2 Å². The van der Waals surface area contributed by atoms with Crippen LogP contribution in [-0.4, -0.2) is 16.5 Å². The van der Waals surface area contributed by atoms with Crippen LogP contribution in [0.5, 0.6) is 0 Å². The molecule has 1 aliphatic rings. The number of fused-ring (bicyclic) bond motifs is 1. The van der Waals surface area contributed by atoms with E-state index in [2.05, 4.69) is 15.3 Å². The highest BCUT2D eigenvalue weighted by Crippen LogP contribution is 2.35. The summed E-state index contributed by atoms with van der Waals surface area (Å²) in [5.74, 6) is 0.165. The minimum absolute atomic E-state index is 0.165. The molecule has 3 heterocycles. The smallest absolute Gasteiger partial charge is 0.311 e. The summed E-state index contributed by atoms with van der Waals surface area (Å²) >= 11 is 1.43. The highest BCUT2D eigenvalue weighted by molar-refractivity contribution is 7.08. The van der Waals surface area contributed by atoms with Crippen molar-refractivity contribution >= 4 is 11.3 Å². The lowest BCUT2D eigenvalue weighted by atomic mass is 10.0. The van der Waals surface area contributed by atoms with Crippen LogP contribution in [-0.2, 0) is 19.1 Å². The third-order valence-electron chi connectivity index (χ3n) is 3.30. The molecule has 0 saturated heterocycles. The van der Waals surface area contributed by atoms with Crippen LogP contribution in [0, 0.1) is 6.92 Å². The van der Waals surface area contributed by atoms with Gasteiger partial charge in [-0.25, -0.2) is 9.97 Å². The van der Waals surface area contributed by atoms with E-state index >= 15 is 0 Å². The number of aromatic nitrogens is 2. The van der Waals surface area contributed by atoms with Gasteiger partial charge in [-0.3, -0.25) is 0 Å². The molecule has 0 bridgehead atoms. The average molecular weight is 299 g/mol. The standard InChI is InChI=1S/C13H12F3N3S/c1-7-5-20-6-9(7)12-18-10-4-17-3-2-8(10)11(19-12)13(14,15)16/h5-6,17H,2-4H2,1H3. The summed E-state index contributed by atoms with van der Waals surface area (Å²) in [5, 5.41) is 6.72. The third kappa shape index (κ3) is 2.31. The Morgan fingerprint density at radius 3 is 2.70 bits per heavy atom. The summed E-state index contributed by atoms with van der Waals surface area (Å²) in [6.45, 7) is 2.73. The molecule has 0 spiro atoms. The Morgan fingerprint density at radius 1 is 1.25 bits per heavy atom. The topological polar surface area (TPSA) is 37.8 Å². The minimum atomic E-state index is -4.44. The van der Waals surface area contributed by atoms with Crippen LogP contribution in [0.15, 0.2) is 10.8 Å². The molecule has 3 rings (SSSR count). The van der Waals surface area contributed by atoms with Crippen molar-refractivity contribution in [2.45, 2.75) is 26.1 Å². The van der Waals surface area contributed by atoms with E-state index < -0.39 is 11.9 Å². The summed E-state index contributed by atoms with van der Waals surface area (Å²) < 4.78 is 39.6. The van der Waals surface area contributed by atoms with Crippen LogP contribution in [0.4, 0.5) is 13.2 Å². The molecule has 1 aliphatic heterocycles. The van der Waals surface area contributed by atoms with Gasteiger partial charge in [0.15, 0.2) is 11.5 Å². The Labute approximate surface area is 117 Å². The van der Waals surface area contributed by atoms with Crippen molar-refractivity contribution in [1.82, 2.24) is 15.3 Å². The van der Waals surface area contributed by atoms with E-state index in [1.165, 1.54) is 11.3 Å². The van der Waals surface area contributed by atoms with Crippen molar-refractivity contribution in [3.05, 3.63) is 33.3 Å². The number of nitrogens with one attached hydrogen (secondary N) is 1. The molecule has 0 radical (unpaired) electrons. The first-order valence-electron chi connectivity index (χ1n) is 6.17. The number of hydrogen-bond acceptors (Lipinski definition) is 4. The van der Waals surface area contributed by atoms with E-state index in [0.717, 1.165) is 5.56 Å². The molecule has 3 nitrogen and oxygen atoms in total. The quantitative estimate of drug-likeness (QED) is 0.879. The van der Waals surface area contributed by atoms with Crippen LogP contribution < -0.4 is 5.32 Å².